The molecule has 4 aliphatic rings. The molecule has 8 nitrogen and oxygen atoms in total. The molecule has 4 rings (SSSR count). The fraction of sp³-hybridized carbons (Fsp3) is 0.621. The summed E-state index contributed by atoms with van der Waals surface area (Å²) < 4.78 is 0. The first kappa shape index (κ1) is 27.2. The molecule has 202 valence electrons. The fourth-order valence-electron chi connectivity index (χ4n) is 5.97. The third-order valence-corrected chi connectivity index (χ3v) is 8.08. The molecule has 0 radical (unpaired) electrons. The van der Waals surface area contributed by atoms with Gasteiger partial charge in [0, 0.05) is 52.3 Å². The molecule has 37 heavy (non-hydrogen) atoms. The highest BCUT2D eigenvalue weighted by atomic mass is 16.5. The van der Waals surface area contributed by atoms with E-state index in [1.165, 1.54) is 37.2 Å². The number of hydrogen-bond donors (Lipinski definition) is 1. The minimum Gasteiger partial charge on any atom is -0.369 e. The zero-order chi connectivity index (χ0) is 26.1. The van der Waals surface area contributed by atoms with Gasteiger partial charge in [0.25, 0.3) is 0 Å². The predicted molar refractivity (Wildman–Crippen MR) is 149 cm³/mol. The van der Waals surface area contributed by atoms with Crippen LogP contribution in [-0.2, 0) is 4.79 Å². The highest BCUT2D eigenvalue weighted by Gasteiger charge is 2.41. The molecular weight excluding hydrogens is 464 g/mol. The van der Waals surface area contributed by atoms with E-state index in [0.29, 0.717) is 30.6 Å². The maximum atomic E-state index is 11.8. The number of nitrogens with zero attached hydrogens (tertiary/aromatic N) is 6. The van der Waals surface area contributed by atoms with Gasteiger partial charge < -0.3 is 9.80 Å². The number of likely N-dealkylation sites (N-methyl/N-ethyl adjacent to an activating group) is 1. The number of likely N-dealkylation sites (tertiary alicyclic amines) is 2. The van der Waals surface area contributed by atoms with E-state index in [0.717, 1.165) is 69.0 Å². The van der Waals surface area contributed by atoms with E-state index in [-0.39, 0.29) is 0 Å². The molecular formula is C29H44N6O2. The molecule has 0 unspecified atom stereocenters. The van der Waals surface area contributed by atoms with Crippen molar-refractivity contribution in [3.63, 3.8) is 0 Å². The van der Waals surface area contributed by atoms with E-state index in [1.807, 2.05) is 49.5 Å². The zero-order valence-electron chi connectivity index (χ0n) is 22.7. The van der Waals surface area contributed by atoms with Gasteiger partial charge in [0.05, 0.1) is 30.2 Å². The zero-order valence-corrected chi connectivity index (χ0v) is 22.7. The van der Waals surface area contributed by atoms with Gasteiger partial charge in [0.15, 0.2) is 6.29 Å². The molecule has 3 heterocycles. The first-order valence-electron chi connectivity index (χ1n) is 14.0. The number of allylic oxidation sites excluding steroid dienone is 5. The predicted octanol–water partition coefficient (Wildman–Crippen LogP) is 4.58. The summed E-state index contributed by atoms with van der Waals surface area (Å²) >= 11 is 0. The summed E-state index contributed by atoms with van der Waals surface area (Å²) in [6.07, 6.45) is 23.0. The minimum absolute atomic E-state index is 0.410. The van der Waals surface area contributed by atoms with Crippen molar-refractivity contribution < 1.29 is 10.0 Å². The normalized spacial score (nSPS) is 22.1. The molecule has 1 saturated carbocycles. The third-order valence-electron chi connectivity index (χ3n) is 8.08. The lowest BCUT2D eigenvalue weighted by Gasteiger charge is -2.27. The number of hydrazone groups is 1. The van der Waals surface area contributed by atoms with Gasteiger partial charge in [-0.2, -0.15) is 5.10 Å². The average Bonchev–Trinajstić information content (AvgIpc) is 3.72. The van der Waals surface area contributed by atoms with Crippen LogP contribution in [0.1, 0.15) is 64.7 Å². The quantitative estimate of drug-likeness (QED) is 0.110. The molecule has 0 amide bonds. The lowest BCUT2D eigenvalue weighted by molar-refractivity contribution is -0.106. The highest BCUT2D eigenvalue weighted by molar-refractivity contribution is 5.85. The summed E-state index contributed by atoms with van der Waals surface area (Å²) in [7, 11) is 1.96. The first-order chi connectivity index (χ1) is 18.0. The van der Waals surface area contributed by atoms with Crippen molar-refractivity contribution in [2.45, 2.75) is 64.7 Å². The van der Waals surface area contributed by atoms with Crippen LogP contribution in [0.15, 0.2) is 57.6 Å². The number of aldehydes is 1. The van der Waals surface area contributed by atoms with Crippen LogP contribution in [0, 0.1) is 5.41 Å². The second-order valence-corrected chi connectivity index (χ2v) is 10.8. The van der Waals surface area contributed by atoms with Gasteiger partial charge in [-0.25, -0.2) is 0 Å². The first-order valence-corrected chi connectivity index (χ1v) is 14.0. The Morgan fingerprint density at radius 3 is 2.59 bits per heavy atom. The van der Waals surface area contributed by atoms with Crippen molar-refractivity contribution in [1.29, 1.82) is 0 Å². The van der Waals surface area contributed by atoms with Gasteiger partial charge in [-0.15, -0.1) is 0 Å². The Bertz CT molecular complexity index is 967. The van der Waals surface area contributed by atoms with E-state index in [1.54, 1.807) is 0 Å². The van der Waals surface area contributed by atoms with Crippen LogP contribution in [0.5, 0.6) is 0 Å². The van der Waals surface area contributed by atoms with Gasteiger partial charge in [-0.3, -0.25) is 25.1 Å². The molecule has 8 heteroatoms. The number of carbonyl (C=O) groups excluding carboxylic acids is 1. The largest absolute Gasteiger partial charge is 0.369 e. The Kier molecular flexibility index (Phi) is 9.61. The Morgan fingerprint density at radius 1 is 1.14 bits per heavy atom. The van der Waals surface area contributed by atoms with Gasteiger partial charge in [-0.1, -0.05) is 31.1 Å². The van der Waals surface area contributed by atoms with E-state index in [4.69, 9.17) is 5.10 Å². The molecule has 0 aromatic heterocycles. The average molecular weight is 509 g/mol. The molecule has 0 bridgehead atoms. The number of rotatable bonds is 11. The summed E-state index contributed by atoms with van der Waals surface area (Å²) in [5, 5.41) is 19.0. The van der Waals surface area contributed by atoms with E-state index >= 15 is 0 Å². The molecule has 3 fully saturated rings. The minimum atomic E-state index is 0.410. The van der Waals surface area contributed by atoms with Crippen molar-refractivity contribution in [1.82, 2.24) is 19.9 Å². The van der Waals surface area contributed by atoms with E-state index in [9.17, 15) is 10.0 Å². The molecule has 2 saturated heterocycles. The van der Waals surface area contributed by atoms with Crippen LogP contribution >= 0.6 is 0 Å². The SMILES string of the molecule is C/C=C\C(=C/C1=CCC=N1)N(O)CCN(C)/N=C(\C/C=C(\C=O)N1CCCC1)N1CCC2(CCCC2)C1. The van der Waals surface area contributed by atoms with Crippen molar-refractivity contribution in [3.8, 4) is 0 Å². The lowest BCUT2D eigenvalue weighted by Crippen LogP contribution is -2.34. The van der Waals surface area contributed by atoms with Crippen molar-refractivity contribution in [3.05, 3.63) is 47.5 Å². The van der Waals surface area contributed by atoms with Crippen LogP contribution < -0.4 is 0 Å². The Hall–Kier alpha value is -2.87. The van der Waals surface area contributed by atoms with Gasteiger partial charge in [0.2, 0.25) is 0 Å². The van der Waals surface area contributed by atoms with Gasteiger partial charge >= 0.3 is 0 Å². The van der Waals surface area contributed by atoms with E-state index in [2.05, 4.69) is 20.9 Å². The van der Waals surface area contributed by atoms with Crippen LogP contribution in [-0.4, -0.2) is 89.7 Å². The maximum absolute atomic E-state index is 11.8. The monoisotopic (exact) mass is 508 g/mol. The molecule has 1 spiro atoms. The Morgan fingerprint density at radius 2 is 1.92 bits per heavy atom. The van der Waals surface area contributed by atoms with Gasteiger partial charge in [0.1, 0.15) is 5.84 Å². The molecule has 3 aliphatic heterocycles. The third kappa shape index (κ3) is 7.34. The summed E-state index contributed by atoms with van der Waals surface area (Å²) in [6, 6.07) is 0. The summed E-state index contributed by atoms with van der Waals surface area (Å²) in [4.78, 5) is 20.8. The number of aliphatic imine (C=N–C) groups is 1. The maximum Gasteiger partial charge on any atom is 0.165 e. The number of carbonyl (C=O) groups is 1. The Labute approximate surface area is 222 Å². The second kappa shape index (κ2) is 13.1. The summed E-state index contributed by atoms with van der Waals surface area (Å²) in [5.74, 6) is 1.02. The molecule has 1 N–H and O–H groups in total. The van der Waals surface area contributed by atoms with Crippen molar-refractivity contribution >= 4 is 18.3 Å². The van der Waals surface area contributed by atoms with Crippen LogP contribution in [0.4, 0.5) is 0 Å². The van der Waals surface area contributed by atoms with Crippen molar-refractivity contribution in [2.24, 2.45) is 15.5 Å². The molecule has 0 aromatic rings. The smallest absolute Gasteiger partial charge is 0.165 e. The van der Waals surface area contributed by atoms with Gasteiger partial charge in [-0.05, 0) is 56.6 Å². The lowest BCUT2D eigenvalue weighted by atomic mass is 9.86. The number of hydrogen-bond acceptors (Lipinski definition) is 7. The highest BCUT2D eigenvalue weighted by Crippen LogP contribution is 2.45. The fourth-order valence-corrected chi connectivity index (χ4v) is 5.97. The standard InChI is InChI=1S/C29H44N6O2/c1-3-9-26(22-25-10-8-16-30-25)35(37)21-20-32(2)31-28(12-11-27(23-36)33-17-6-7-18-33)34-19-15-29(24-34)13-4-5-14-29/h3,9-11,16,22-23,37H,4-8,12-15,17-21,24H2,1-2H3/b9-3-,26-22+,27-11+,31-28+. The second-order valence-electron chi connectivity index (χ2n) is 10.8. The molecule has 0 atom stereocenters. The topological polar surface area (TPSA) is 75.0 Å². The number of hydroxylamine groups is 2. The van der Waals surface area contributed by atoms with E-state index < -0.39 is 0 Å². The summed E-state index contributed by atoms with van der Waals surface area (Å²) in [6.45, 7) is 6.91. The Balaban J connectivity index is 1.44. The van der Waals surface area contributed by atoms with Crippen LogP contribution in [0.3, 0.4) is 0 Å². The molecule has 0 aromatic carbocycles. The molecule has 1 aliphatic carbocycles. The van der Waals surface area contributed by atoms with Crippen molar-refractivity contribution in [2.75, 3.05) is 46.3 Å². The number of amidine groups is 1. The van der Waals surface area contributed by atoms with Crippen LogP contribution in [0.25, 0.3) is 0 Å². The summed E-state index contributed by atoms with van der Waals surface area (Å²) in [5.41, 5.74) is 2.80. The van der Waals surface area contributed by atoms with Crippen LogP contribution in [0.2, 0.25) is 0 Å².